The third-order valence-corrected chi connectivity index (χ3v) is 4.07. The summed E-state index contributed by atoms with van der Waals surface area (Å²) in [4.78, 5) is 16.0. The number of halogens is 1. The Balaban J connectivity index is 1.84. The van der Waals surface area contributed by atoms with Crippen LogP contribution in [0.5, 0.6) is 0 Å². The summed E-state index contributed by atoms with van der Waals surface area (Å²) in [7, 11) is 1.83. The maximum absolute atomic E-state index is 11.8. The van der Waals surface area contributed by atoms with Crippen molar-refractivity contribution in [3.05, 3.63) is 40.8 Å². The van der Waals surface area contributed by atoms with Crippen molar-refractivity contribution in [3.8, 4) is 6.07 Å². The van der Waals surface area contributed by atoms with Crippen molar-refractivity contribution in [2.75, 3.05) is 5.32 Å². The van der Waals surface area contributed by atoms with Gasteiger partial charge in [0.05, 0.1) is 28.9 Å². The molecular weight excluding hydrogens is 316 g/mol. The van der Waals surface area contributed by atoms with Crippen LogP contribution in [0.3, 0.4) is 0 Å². The van der Waals surface area contributed by atoms with Crippen molar-refractivity contribution in [3.63, 3.8) is 0 Å². The standard InChI is InChI=1S/C15H15ClN6O/c1-22-8-10(7-19-22)14-12(2-3-13(23)21-14)20-15-11(16)4-9(5-17)6-18-15/h4,6-8,12,14H,2-3H2,1H3,(H,18,20)(H,21,23)/t12-,14+/m1/s1. The fourth-order valence-corrected chi connectivity index (χ4v) is 2.87. The smallest absolute Gasteiger partial charge is 0.220 e. The zero-order valence-electron chi connectivity index (χ0n) is 12.5. The summed E-state index contributed by atoms with van der Waals surface area (Å²) < 4.78 is 1.69. The number of nitriles is 1. The van der Waals surface area contributed by atoms with Gasteiger partial charge in [-0.1, -0.05) is 11.6 Å². The van der Waals surface area contributed by atoms with Crippen LogP contribution in [0, 0.1) is 11.3 Å². The molecule has 0 spiro atoms. The van der Waals surface area contributed by atoms with Crippen molar-refractivity contribution in [2.45, 2.75) is 24.9 Å². The molecule has 1 amide bonds. The van der Waals surface area contributed by atoms with E-state index in [-0.39, 0.29) is 18.0 Å². The maximum atomic E-state index is 11.8. The van der Waals surface area contributed by atoms with E-state index in [1.165, 1.54) is 6.20 Å². The van der Waals surface area contributed by atoms with Gasteiger partial charge in [-0.15, -0.1) is 0 Å². The highest BCUT2D eigenvalue weighted by atomic mass is 35.5. The molecule has 0 aliphatic carbocycles. The fraction of sp³-hybridized carbons (Fsp3) is 0.333. The molecule has 2 aromatic rings. The number of nitrogens with zero attached hydrogens (tertiary/aromatic N) is 4. The van der Waals surface area contributed by atoms with Crippen LogP contribution in [0.1, 0.15) is 30.0 Å². The number of aryl methyl sites for hydroxylation is 1. The Bertz CT molecular complexity index is 781. The van der Waals surface area contributed by atoms with Crippen LogP contribution in [0.4, 0.5) is 5.82 Å². The summed E-state index contributed by atoms with van der Waals surface area (Å²) in [6.45, 7) is 0. The number of piperidine rings is 1. The van der Waals surface area contributed by atoms with Crippen molar-refractivity contribution in [1.29, 1.82) is 5.26 Å². The van der Waals surface area contributed by atoms with E-state index in [2.05, 4.69) is 20.7 Å². The molecule has 1 fully saturated rings. The van der Waals surface area contributed by atoms with E-state index >= 15 is 0 Å². The van der Waals surface area contributed by atoms with Gasteiger partial charge in [-0.2, -0.15) is 10.4 Å². The molecule has 0 saturated carbocycles. The van der Waals surface area contributed by atoms with Crippen LogP contribution in [-0.4, -0.2) is 26.7 Å². The first-order valence-electron chi connectivity index (χ1n) is 7.17. The number of pyridine rings is 1. The monoisotopic (exact) mass is 330 g/mol. The second-order valence-corrected chi connectivity index (χ2v) is 5.86. The quantitative estimate of drug-likeness (QED) is 0.894. The SMILES string of the molecule is Cn1cc([C@@H]2NC(=O)CC[C@H]2Nc2ncc(C#N)cc2Cl)cn1. The zero-order valence-corrected chi connectivity index (χ0v) is 13.2. The van der Waals surface area contributed by atoms with Crippen molar-refractivity contribution in [1.82, 2.24) is 20.1 Å². The Hall–Kier alpha value is -2.59. The molecule has 8 heteroatoms. The predicted octanol–water partition coefficient (Wildman–Crippen LogP) is 1.77. The summed E-state index contributed by atoms with van der Waals surface area (Å²) in [5, 5.41) is 19.7. The van der Waals surface area contributed by atoms with Crippen LogP contribution in [0.25, 0.3) is 0 Å². The number of hydrogen-bond acceptors (Lipinski definition) is 5. The number of rotatable bonds is 3. The summed E-state index contributed by atoms with van der Waals surface area (Å²) in [6, 6.07) is 3.30. The fourth-order valence-electron chi connectivity index (χ4n) is 2.65. The highest BCUT2D eigenvalue weighted by Gasteiger charge is 2.31. The summed E-state index contributed by atoms with van der Waals surface area (Å²) >= 11 is 6.17. The summed E-state index contributed by atoms with van der Waals surface area (Å²) in [5.74, 6) is 0.511. The number of aromatic nitrogens is 3. The third kappa shape index (κ3) is 3.27. The molecule has 118 valence electrons. The highest BCUT2D eigenvalue weighted by Crippen LogP contribution is 2.29. The van der Waals surface area contributed by atoms with Gasteiger partial charge in [-0.3, -0.25) is 9.48 Å². The van der Waals surface area contributed by atoms with E-state index in [1.54, 1.807) is 16.9 Å². The maximum Gasteiger partial charge on any atom is 0.220 e. The molecule has 3 rings (SSSR count). The van der Waals surface area contributed by atoms with E-state index in [1.807, 2.05) is 19.3 Å². The Labute approximate surface area is 138 Å². The van der Waals surface area contributed by atoms with Crippen molar-refractivity contribution in [2.24, 2.45) is 7.05 Å². The first-order chi connectivity index (χ1) is 11.1. The minimum absolute atomic E-state index is 0.00999. The molecule has 1 aliphatic rings. The van der Waals surface area contributed by atoms with Crippen molar-refractivity contribution < 1.29 is 4.79 Å². The lowest BCUT2D eigenvalue weighted by molar-refractivity contribution is -0.123. The molecule has 1 aliphatic heterocycles. The van der Waals surface area contributed by atoms with E-state index in [9.17, 15) is 4.79 Å². The van der Waals surface area contributed by atoms with Gasteiger partial charge in [-0.25, -0.2) is 4.98 Å². The number of hydrogen-bond donors (Lipinski definition) is 2. The molecule has 0 aromatic carbocycles. The average Bonchev–Trinajstić information content (AvgIpc) is 2.97. The molecule has 0 unspecified atom stereocenters. The topological polar surface area (TPSA) is 95.6 Å². The molecule has 2 N–H and O–H groups in total. The van der Waals surface area contributed by atoms with Gasteiger partial charge in [-0.05, 0) is 12.5 Å². The Morgan fingerprint density at radius 1 is 1.52 bits per heavy atom. The second-order valence-electron chi connectivity index (χ2n) is 5.45. The van der Waals surface area contributed by atoms with E-state index < -0.39 is 0 Å². The van der Waals surface area contributed by atoms with Gasteiger partial charge in [0, 0.05) is 31.4 Å². The van der Waals surface area contributed by atoms with Crippen LogP contribution in [-0.2, 0) is 11.8 Å². The van der Waals surface area contributed by atoms with Gasteiger partial charge >= 0.3 is 0 Å². The largest absolute Gasteiger partial charge is 0.364 e. The van der Waals surface area contributed by atoms with Crippen LogP contribution < -0.4 is 10.6 Å². The highest BCUT2D eigenvalue weighted by molar-refractivity contribution is 6.33. The van der Waals surface area contributed by atoms with Crippen LogP contribution in [0.2, 0.25) is 5.02 Å². The van der Waals surface area contributed by atoms with Crippen molar-refractivity contribution >= 4 is 23.3 Å². The Kier molecular flexibility index (Phi) is 4.17. The Morgan fingerprint density at radius 3 is 3.00 bits per heavy atom. The normalized spacial score (nSPS) is 20.7. The predicted molar refractivity (Wildman–Crippen MR) is 84.7 cm³/mol. The zero-order chi connectivity index (χ0) is 16.4. The minimum Gasteiger partial charge on any atom is -0.364 e. The molecule has 23 heavy (non-hydrogen) atoms. The van der Waals surface area contributed by atoms with Gasteiger partial charge in [0.15, 0.2) is 0 Å². The first-order valence-corrected chi connectivity index (χ1v) is 7.54. The van der Waals surface area contributed by atoms with Crippen LogP contribution in [0.15, 0.2) is 24.7 Å². The molecule has 2 atom stereocenters. The van der Waals surface area contributed by atoms with Gasteiger partial charge < -0.3 is 10.6 Å². The third-order valence-electron chi connectivity index (χ3n) is 3.78. The number of carbonyl (C=O) groups excluding carboxylic acids is 1. The Morgan fingerprint density at radius 2 is 2.35 bits per heavy atom. The van der Waals surface area contributed by atoms with Gasteiger partial charge in [0.25, 0.3) is 0 Å². The van der Waals surface area contributed by atoms with E-state index in [0.29, 0.717) is 29.2 Å². The molecule has 0 radical (unpaired) electrons. The number of nitrogens with one attached hydrogen (secondary N) is 2. The molecule has 0 bridgehead atoms. The molecule has 7 nitrogen and oxygen atoms in total. The van der Waals surface area contributed by atoms with Gasteiger partial charge in [0.1, 0.15) is 11.9 Å². The minimum atomic E-state index is -0.210. The molecule has 1 saturated heterocycles. The van der Waals surface area contributed by atoms with Crippen LogP contribution >= 0.6 is 11.6 Å². The number of amides is 1. The lowest BCUT2D eigenvalue weighted by Gasteiger charge is -2.32. The van der Waals surface area contributed by atoms with E-state index in [4.69, 9.17) is 16.9 Å². The second kappa shape index (κ2) is 6.26. The summed E-state index contributed by atoms with van der Waals surface area (Å²) in [6.07, 6.45) is 6.16. The number of carbonyl (C=O) groups is 1. The lowest BCUT2D eigenvalue weighted by Crippen LogP contribution is -2.45. The van der Waals surface area contributed by atoms with E-state index in [0.717, 1.165) is 5.56 Å². The molecule has 2 aromatic heterocycles. The average molecular weight is 331 g/mol. The first kappa shape index (κ1) is 15.3. The summed E-state index contributed by atoms with van der Waals surface area (Å²) in [5.41, 5.74) is 1.32. The molecular formula is C15H15ClN6O. The lowest BCUT2D eigenvalue weighted by atomic mass is 9.93. The number of anilines is 1. The van der Waals surface area contributed by atoms with Gasteiger partial charge in [0.2, 0.25) is 5.91 Å². The molecule has 3 heterocycles.